The molecule has 21 heavy (non-hydrogen) atoms. The molecule has 1 aromatic rings. The number of hydrogen-bond acceptors (Lipinski definition) is 5. The minimum atomic E-state index is -0.234. The average Bonchev–Trinajstić information content (AvgIpc) is 3.00. The summed E-state index contributed by atoms with van der Waals surface area (Å²) in [4.78, 5) is 12.2. The first-order valence-corrected chi connectivity index (χ1v) is 7.07. The lowest BCUT2D eigenvalue weighted by atomic mass is 10.1. The average molecular weight is 294 g/mol. The maximum Gasteiger partial charge on any atom is 0.253 e. The zero-order valence-corrected chi connectivity index (χ0v) is 12.5. The van der Waals surface area contributed by atoms with Gasteiger partial charge in [-0.2, -0.15) is 0 Å². The first kappa shape index (κ1) is 15.4. The van der Waals surface area contributed by atoms with Gasteiger partial charge in [-0.05, 0) is 25.3 Å². The lowest BCUT2D eigenvalue weighted by molar-refractivity contribution is 0.0907. The van der Waals surface area contributed by atoms with Gasteiger partial charge in [-0.15, -0.1) is 0 Å². The lowest BCUT2D eigenvalue weighted by Crippen LogP contribution is -2.27. The fourth-order valence-corrected chi connectivity index (χ4v) is 2.39. The molecule has 0 radical (unpaired) electrons. The molecule has 1 aromatic carbocycles. The van der Waals surface area contributed by atoms with Crippen LogP contribution >= 0.6 is 0 Å². The Balaban J connectivity index is 2.00. The number of nitrogens with one attached hydrogen (secondary N) is 1. The molecule has 1 unspecified atom stereocenters. The quantitative estimate of drug-likeness (QED) is 0.778. The Morgan fingerprint density at radius 1 is 1.43 bits per heavy atom. The predicted molar refractivity (Wildman–Crippen MR) is 79.9 cm³/mol. The third kappa shape index (κ3) is 3.78. The summed E-state index contributed by atoms with van der Waals surface area (Å²) < 4.78 is 15.8. The summed E-state index contributed by atoms with van der Waals surface area (Å²) >= 11 is 0. The molecule has 0 bridgehead atoms. The Bertz CT molecular complexity index is 499. The number of nitrogens with two attached hydrogens (primary N) is 1. The molecule has 3 N–H and O–H groups in total. The van der Waals surface area contributed by atoms with Crippen LogP contribution < -0.4 is 20.5 Å². The van der Waals surface area contributed by atoms with E-state index in [9.17, 15) is 4.79 Å². The Kier molecular flexibility index (Phi) is 5.27. The van der Waals surface area contributed by atoms with E-state index in [0.29, 0.717) is 29.3 Å². The maximum absolute atomic E-state index is 12.2. The van der Waals surface area contributed by atoms with Gasteiger partial charge in [-0.25, -0.2) is 0 Å². The number of rotatable bonds is 6. The molecule has 0 aromatic heterocycles. The number of ether oxygens (including phenoxy) is 3. The van der Waals surface area contributed by atoms with E-state index >= 15 is 0 Å². The maximum atomic E-state index is 12.2. The number of carbonyl (C=O) groups excluding carboxylic acids is 1. The van der Waals surface area contributed by atoms with Gasteiger partial charge in [0.25, 0.3) is 5.91 Å². The molecular weight excluding hydrogens is 272 g/mol. The van der Waals surface area contributed by atoms with Crippen LogP contribution in [0.4, 0.5) is 5.69 Å². The number of nitrogen functional groups attached to an aromatic ring is 1. The number of benzene rings is 1. The molecule has 1 atom stereocenters. The Labute approximate surface area is 124 Å². The number of anilines is 1. The van der Waals surface area contributed by atoms with E-state index in [2.05, 4.69) is 5.32 Å². The summed E-state index contributed by atoms with van der Waals surface area (Å²) in [5, 5.41) is 2.86. The molecule has 1 saturated heterocycles. The van der Waals surface area contributed by atoms with E-state index in [-0.39, 0.29) is 12.0 Å². The van der Waals surface area contributed by atoms with Crippen molar-refractivity contribution < 1.29 is 19.0 Å². The van der Waals surface area contributed by atoms with Gasteiger partial charge >= 0.3 is 0 Å². The summed E-state index contributed by atoms with van der Waals surface area (Å²) in [6.07, 6.45) is 3.22. The van der Waals surface area contributed by atoms with E-state index < -0.39 is 0 Å². The van der Waals surface area contributed by atoms with Crippen molar-refractivity contribution in [3.63, 3.8) is 0 Å². The van der Waals surface area contributed by atoms with Crippen molar-refractivity contribution in [1.82, 2.24) is 5.32 Å². The van der Waals surface area contributed by atoms with Crippen LogP contribution in [0.2, 0.25) is 0 Å². The van der Waals surface area contributed by atoms with Gasteiger partial charge < -0.3 is 25.3 Å². The second kappa shape index (κ2) is 7.17. The minimum absolute atomic E-state index is 0.234. The molecule has 1 aliphatic rings. The molecule has 0 saturated carbocycles. The second-order valence-corrected chi connectivity index (χ2v) is 4.97. The van der Waals surface area contributed by atoms with E-state index in [1.165, 1.54) is 14.2 Å². The number of methoxy groups -OCH3 is 2. The van der Waals surface area contributed by atoms with Crippen molar-refractivity contribution in [2.24, 2.45) is 0 Å². The Hall–Kier alpha value is -1.95. The Morgan fingerprint density at radius 3 is 2.86 bits per heavy atom. The van der Waals surface area contributed by atoms with Crippen molar-refractivity contribution in [2.75, 3.05) is 33.1 Å². The molecule has 1 fully saturated rings. The van der Waals surface area contributed by atoms with Gasteiger partial charge in [-0.3, -0.25) is 4.79 Å². The highest BCUT2D eigenvalue weighted by Gasteiger charge is 2.18. The summed E-state index contributed by atoms with van der Waals surface area (Å²) in [5.74, 6) is 0.728. The zero-order chi connectivity index (χ0) is 15.2. The molecule has 6 nitrogen and oxygen atoms in total. The van der Waals surface area contributed by atoms with Gasteiger partial charge in [0.05, 0.1) is 31.6 Å². The summed E-state index contributed by atoms with van der Waals surface area (Å²) in [5.41, 5.74) is 6.62. The van der Waals surface area contributed by atoms with Gasteiger partial charge in [0.2, 0.25) is 0 Å². The Morgan fingerprint density at radius 2 is 2.24 bits per heavy atom. The molecule has 116 valence electrons. The first-order valence-electron chi connectivity index (χ1n) is 7.07. The van der Waals surface area contributed by atoms with Gasteiger partial charge in [0, 0.05) is 19.2 Å². The largest absolute Gasteiger partial charge is 0.497 e. The molecule has 0 aliphatic carbocycles. The molecule has 1 aliphatic heterocycles. The summed E-state index contributed by atoms with van der Waals surface area (Å²) in [7, 11) is 3.04. The van der Waals surface area contributed by atoms with E-state index in [1.807, 2.05) is 0 Å². The fraction of sp³-hybridized carbons (Fsp3) is 0.533. The minimum Gasteiger partial charge on any atom is -0.497 e. The topological polar surface area (TPSA) is 82.8 Å². The standard InChI is InChI=1S/C15H22N2O4/c1-19-11-8-12(14(16)13(9-11)20-2)15(18)17-6-5-10-4-3-7-21-10/h8-10H,3-7,16H2,1-2H3,(H,17,18). The summed E-state index contributed by atoms with van der Waals surface area (Å²) in [6, 6.07) is 3.26. The van der Waals surface area contributed by atoms with Gasteiger partial charge in [0.15, 0.2) is 0 Å². The highest BCUT2D eigenvalue weighted by atomic mass is 16.5. The molecule has 2 rings (SSSR count). The van der Waals surface area contributed by atoms with Crippen molar-refractivity contribution in [1.29, 1.82) is 0 Å². The van der Waals surface area contributed by atoms with Crippen LogP contribution in [0.1, 0.15) is 29.6 Å². The van der Waals surface area contributed by atoms with Crippen molar-refractivity contribution >= 4 is 11.6 Å². The van der Waals surface area contributed by atoms with Crippen molar-refractivity contribution in [3.05, 3.63) is 17.7 Å². The monoisotopic (exact) mass is 294 g/mol. The second-order valence-electron chi connectivity index (χ2n) is 4.97. The molecule has 0 spiro atoms. The third-order valence-corrected chi connectivity index (χ3v) is 3.59. The zero-order valence-electron chi connectivity index (χ0n) is 12.5. The van der Waals surface area contributed by atoms with Crippen molar-refractivity contribution in [2.45, 2.75) is 25.4 Å². The molecule has 6 heteroatoms. The van der Waals surface area contributed by atoms with Crippen LogP contribution in [0.5, 0.6) is 11.5 Å². The SMILES string of the molecule is COc1cc(OC)c(N)c(C(=O)NCCC2CCCO2)c1. The van der Waals surface area contributed by atoms with Crippen LogP contribution in [0.25, 0.3) is 0 Å². The lowest BCUT2D eigenvalue weighted by Gasteiger charge is -2.14. The molecule has 1 amide bonds. The highest BCUT2D eigenvalue weighted by molar-refractivity contribution is 6.00. The van der Waals surface area contributed by atoms with E-state index in [0.717, 1.165) is 25.9 Å². The number of carbonyl (C=O) groups is 1. The molecule has 1 heterocycles. The smallest absolute Gasteiger partial charge is 0.253 e. The van der Waals surface area contributed by atoms with Crippen LogP contribution in [-0.4, -0.2) is 39.4 Å². The van der Waals surface area contributed by atoms with Crippen molar-refractivity contribution in [3.8, 4) is 11.5 Å². The van der Waals surface area contributed by atoms with E-state index in [4.69, 9.17) is 19.9 Å². The molecular formula is C15H22N2O4. The first-order chi connectivity index (χ1) is 10.2. The fourth-order valence-electron chi connectivity index (χ4n) is 2.39. The van der Waals surface area contributed by atoms with Crippen LogP contribution in [0.3, 0.4) is 0 Å². The van der Waals surface area contributed by atoms with Crippen LogP contribution in [0, 0.1) is 0 Å². The number of amides is 1. The van der Waals surface area contributed by atoms with Crippen LogP contribution in [0.15, 0.2) is 12.1 Å². The predicted octanol–water partition coefficient (Wildman–Crippen LogP) is 1.58. The normalized spacial score (nSPS) is 17.5. The third-order valence-electron chi connectivity index (χ3n) is 3.59. The van der Waals surface area contributed by atoms with Crippen LogP contribution in [-0.2, 0) is 4.74 Å². The van der Waals surface area contributed by atoms with Gasteiger partial charge in [0.1, 0.15) is 11.5 Å². The van der Waals surface area contributed by atoms with E-state index in [1.54, 1.807) is 12.1 Å². The highest BCUT2D eigenvalue weighted by Crippen LogP contribution is 2.30. The van der Waals surface area contributed by atoms with Gasteiger partial charge in [-0.1, -0.05) is 0 Å². The number of hydrogen-bond donors (Lipinski definition) is 2. The summed E-state index contributed by atoms with van der Waals surface area (Å²) in [6.45, 7) is 1.38.